The molecule has 2 N–H and O–H groups in total. The van der Waals surface area contributed by atoms with Gasteiger partial charge in [-0.1, -0.05) is 45.8 Å². The molecule has 0 heterocycles. The lowest BCUT2D eigenvalue weighted by molar-refractivity contribution is -0.122. The first-order valence-electron chi connectivity index (χ1n) is 7.39. The summed E-state index contributed by atoms with van der Waals surface area (Å²) in [4.78, 5) is 12.2. The zero-order valence-corrected chi connectivity index (χ0v) is 15.8. The second kappa shape index (κ2) is 7.92. The average Bonchev–Trinajstić information content (AvgIpc) is 2.54. The van der Waals surface area contributed by atoms with Crippen LogP contribution in [0.5, 0.6) is 0 Å². The molecule has 0 spiro atoms. The molecule has 0 bridgehead atoms. The minimum atomic E-state index is -3.74. The first-order chi connectivity index (χ1) is 11.3. The molecule has 0 radical (unpaired) electrons. The molecule has 0 fully saturated rings. The largest absolute Gasteiger partial charge is 0.351 e. The van der Waals surface area contributed by atoms with Gasteiger partial charge in [-0.25, -0.2) is 8.42 Å². The van der Waals surface area contributed by atoms with Gasteiger partial charge < -0.3 is 5.32 Å². The fraction of sp³-hybridized carbons (Fsp3) is 0.235. The van der Waals surface area contributed by atoms with E-state index in [4.69, 9.17) is 0 Å². The van der Waals surface area contributed by atoms with Gasteiger partial charge in [0, 0.05) is 11.0 Å². The number of benzene rings is 2. The van der Waals surface area contributed by atoms with Gasteiger partial charge >= 0.3 is 0 Å². The molecule has 0 saturated heterocycles. The van der Waals surface area contributed by atoms with Gasteiger partial charge in [0.25, 0.3) is 0 Å². The summed E-state index contributed by atoms with van der Waals surface area (Å²) in [6.45, 7) is 3.85. The maximum absolute atomic E-state index is 12.3. The lowest BCUT2D eigenvalue weighted by Gasteiger charge is -2.14. The van der Waals surface area contributed by atoms with Crippen LogP contribution in [-0.4, -0.2) is 20.4 Å². The Bertz CT molecular complexity index is 803. The van der Waals surface area contributed by atoms with Crippen LogP contribution in [0, 0.1) is 6.92 Å². The number of carbonyl (C=O) groups is 1. The number of rotatable bonds is 6. The molecule has 7 heteroatoms. The second-order valence-corrected chi connectivity index (χ2v) is 8.13. The van der Waals surface area contributed by atoms with Crippen molar-refractivity contribution in [3.63, 3.8) is 0 Å². The summed E-state index contributed by atoms with van der Waals surface area (Å²) in [6.07, 6.45) is 0. The van der Waals surface area contributed by atoms with E-state index in [9.17, 15) is 13.2 Å². The van der Waals surface area contributed by atoms with Gasteiger partial charge in [-0.05, 0) is 43.7 Å². The molecule has 2 aromatic carbocycles. The van der Waals surface area contributed by atoms with E-state index in [1.807, 2.05) is 31.2 Å². The van der Waals surface area contributed by atoms with Crippen molar-refractivity contribution in [1.82, 2.24) is 10.0 Å². The van der Waals surface area contributed by atoms with Crippen molar-refractivity contribution in [3.8, 4) is 0 Å². The van der Waals surface area contributed by atoms with Crippen LogP contribution >= 0.6 is 15.9 Å². The molecule has 1 amide bonds. The van der Waals surface area contributed by atoms with Gasteiger partial charge in [0.15, 0.2) is 0 Å². The van der Waals surface area contributed by atoms with Crippen LogP contribution in [-0.2, 0) is 21.4 Å². The van der Waals surface area contributed by atoms with Crippen molar-refractivity contribution in [2.75, 3.05) is 0 Å². The molecule has 0 saturated carbocycles. The van der Waals surface area contributed by atoms with E-state index in [1.165, 1.54) is 19.1 Å². The zero-order chi connectivity index (χ0) is 17.7. The molecular formula is C17H19BrN2O3S. The molecule has 2 rings (SSSR count). The van der Waals surface area contributed by atoms with Crippen LogP contribution in [0.25, 0.3) is 0 Å². The summed E-state index contributed by atoms with van der Waals surface area (Å²) in [5, 5.41) is 2.73. The van der Waals surface area contributed by atoms with E-state index in [1.54, 1.807) is 12.1 Å². The van der Waals surface area contributed by atoms with E-state index < -0.39 is 16.1 Å². The topological polar surface area (TPSA) is 75.3 Å². The third-order valence-corrected chi connectivity index (χ3v) is 5.52. The average molecular weight is 411 g/mol. The minimum Gasteiger partial charge on any atom is -0.351 e. The minimum absolute atomic E-state index is 0.115. The Hall–Kier alpha value is -1.70. The van der Waals surface area contributed by atoms with Gasteiger partial charge in [-0.15, -0.1) is 0 Å². The lowest BCUT2D eigenvalue weighted by Crippen LogP contribution is -2.44. The molecule has 24 heavy (non-hydrogen) atoms. The number of halogens is 1. The SMILES string of the molecule is Cc1ccc(CNC(=O)[C@@H](C)NS(=O)(=O)c2ccc(Br)cc2)cc1. The predicted molar refractivity (Wildman–Crippen MR) is 97.0 cm³/mol. The van der Waals surface area contributed by atoms with Crippen molar-refractivity contribution in [2.24, 2.45) is 0 Å². The highest BCUT2D eigenvalue weighted by atomic mass is 79.9. The van der Waals surface area contributed by atoms with Crippen LogP contribution in [0.1, 0.15) is 18.1 Å². The van der Waals surface area contributed by atoms with Crippen LogP contribution in [0.2, 0.25) is 0 Å². The van der Waals surface area contributed by atoms with Crippen molar-refractivity contribution >= 4 is 31.9 Å². The van der Waals surface area contributed by atoms with Crippen LogP contribution in [0.15, 0.2) is 57.9 Å². The fourth-order valence-electron chi connectivity index (χ4n) is 2.02. The number of amides is 1. The van der Waals surface area contributed by atoms with Gasteiger partial charge in [-0.2, -0.15) is 4.72 Å². The summed E-state index contributed by atoms with van der Waals surface area (Å²) in [6, 6.07) is 13.1. The lowest BCUT2D eigenvalue weighted by atomic mass is 10.1. The Morgan fingerprint density at radius 2 is 1.67 bits per heavy atom. The van der Waals surface area contributed by atoms with E-state index >= 15 is 0 Å². The summed E-state index contributed by atoms with van der Waals surface area (Å²) in [5.41, 5.74) is 2.10. The van der Waals surface area contributed by atoms with Crippen LogP contribution in [0.4, 0.5) is 0 Å². The van der Waals surface area contributed by atoms with Crippen LogP contribution < -0.4 is 10.0 Å². The summed E-state index contributed by atoms with van der Waals surface area (Å²) in [7, 11) is -3.74. The third kappa shape index (κ3) is 5.15. The highest BCUT2D eigenvalue weighted by Crippen LogP contribution is 2.14. The molecule has 0 unspecified atom stereocenters. The molecule has 128 valence electrons. The summed E-state index contributed by atoms with van der Waals surface area (Å²) < 4.78 is 27.7. The van der Waals surface area contributed by atoms with Gasteiger partial charge in [-0.3, -0.25) is 4.79 Å². The molecular weight excluding hydrogens is 392 g/mol. The monoisotopic (exact) mass is 410 g/mol. The smallest absolute Gasteiger partial charge is 0.241 e. The standard InChI is InChI=1S/C17H19BrN2O3S/c1-12-3-5-14(6-4-12)11-19-17(21)13(2)20-24(22,23)16-9-7-15(18)8-10-16/h3-10,13,20H,11H2,1-2H3,(H,19,21)/t13-/m1/s1. The van der Waals surface area contributed by atoms with E-state index in [-0.39, 0.29) is 10.8 Å². The van der Waals surface area contributed by atoms with Crippen molar-refractivity contribution < 1.29 is 13.2 Å². The maximum Gasteiger partial charge on any atom is 0.241 e. The van der Waals surface area contributed by atoms with Gasteiger partial charge in [0.2, 0.25) is 15.9 Å². The molecule has 1 atom stereocenters. The quantitative estimate of drug-likeness (QED) is 0.768. The predicted octanol–water partition coefficient (Wildman–Crippen LogP) is 2.74. The highest BCUT2D eigenvalue weighted by Gasteiger charge is 2.21. The molecule has 0 aromatic heterocycles. The molecule has 0 aliphatic heterocycles. The Morgan fingerprint density at radius 3 is 2.25 bits per heavy atom. The molecule has 5 nitrogen and oxygen atoms in total. The van der Waals surface area contributed by atoms with Gasteiger partial charge in [0.1, 0.15) is 0 Å². The number of hydrogen-bond acceptors (Lipinski definition) is 3. The summed E-state index contributed by atoms with van der Waals surface area (Å²) in [5.74, 6) is -0.378. The first-order valence-corrected chi connectivity index (χ1v) is 9.67. The van der Waals surface area contributed by atoms with Crippen molar-refractivity contribution in [1.29, 1.82) is 0 Å². The van der Waals surface area contributed by atoms with E-state index in [2.05, 4.69) is 26.0 Å². The number of carbonyl (C=O) groups excluding carboxylic acids is 1. The molecule has 0 aliphatic carbocycles. The maximum atomic E-state index is 12.3. The van der Waals surface area contributed by atoms with E-state index in [0.29, 0.717) is 6.54 Å². The molecule has 2 aromatic rings. The van der Waals surface area contributed by atoms with Crippen LogP contribution in [0.3, 0.4) is 0 Å². The Kier molecular flexibility index (Phi) is 6.15. The Labute approximate surface area is 150 Å². The van der Waals surface area contributed by atoms with E-state index in [0.717, 1.165) is 15.6 Å². The van der Waals surface area contributed by atoms with Crippen molar-refractivity contribution in [3.05, 3.63) is 64.1 Å². The highest BCUT2D eigenvalue weighted by molar-refractivity contribution is 9.10. The zero-order valence-electron chi connectivity index (χ0n) is 13.4. The third-order valence-electron chi connectivity index (χ3n) is 3.44. The number of sulfonamides is 1. The number of aryl methyl sites for hydroxylation is 1. The first kappa shape index (κ1) is 18.6. The normalized spacial score (nSPS) is 12.6. The Morgan fingerprint density at radius 1 is 1.08 bits per heavy atom. The second-order valence-electron chi connectivity index (χ2n) is 5.50. The summed E-state index contributed by atoms with van der Waals surface area (Å²) >= 11 is 3.25. The van der Waals surface area contributed by atoms with Gasteiger partial charge in [0.05, 0.1) is 10.9 Å². The van der Waals surface area contributed by atoms with Crippen molar-refractivity contribution in [2.45, 2.75) is 31.3 Å². The number of nitrogens with one attached hydrogen (secondary N) is 2. The Balaban J connectivity index is 1.95. The number of hydrogen-bond donors (Lipinski definition) is 2. The molecule has 0 aliphatic rings. The fourth-order valence-corrected chi connectivity index (χ4v) is 3.48.